The molecule has 1 aliphatic carbocycles. The van der Waals surface area contributed by atoms with Crippen molar-refractivity contribution in [1.29, 1.82) is 0 Å². The van der Waals surface area contributed by atoms with Crippen LogP contribution in [0.2, 0.25) is 0 Å². The molecule has 106 valence electrons. The number of nitrogens with zero attached hydrogens (tertiary/aromatic N) is 2. The molecule has 1 fully saturated rings. The summed E-state index contributed by atoms with van der Waals surface area (Å²) in [4.78, 5) is 11.2. The first-order chi connectivity index (χ1) is 9.22. The highest BCUT2D eigenvalue weighted by Crippen LogP contribution is 2.20. The lowest BCUT2D eigenvalue weighted by Crippen LogP contribution is -2.21. The molecule has 0 aliphatic heterocycles. The molecule has 0 amide bonds. The number of carbonyl (C=O) groups is 1. The van der Waals surface area contributed by atoms with Crippen molar-refractivity contribution in [1.82, 2.24) is 9.78 Å². The van der Waals surface area contributed by atoms with Gasteiger partial charge in [0.1, 0.15) is 5.78 Å². The molecule has 1 heterocycles. The number of ketones is 1. The van der Waals surface area contributed by atoms with Crippen LogP contribution in [0.15, 0.2) is 12.3 Å². The molecule has 1 saturated carbocycles. The minimum Gasteiger partial charge on any atom is -0.372 e. The van der Waals surface area contributed by atoms with Crippen molar-refractivity contribution in [2.75, 3.05) is 0 Å². The summed E-state index contributed by atoms with van der Waals surface area (Å²) < 4.78 is 7.89. The average Bonchev–Trinajstić information content (AvgIpc) is 2.88. The highest BCUT2D eigenvalue weighted by molar-refractivity contribution is 5.79. The Morgan fingerprint density at radius 1 is 1.37 bits per heavy atom. The first-order valence-corrected chi connectivity index (χ1v) is 7.40. The Kier molecular flexibility index (Phi) is 5.14. The van der Waals surface area contributed by atoms with Crippen LogP contribution in [0.3, 0.4) is 0 Å². The second kappa shape index (κ2) is 6.85. The van der Waals surface area contributed by atoms with Crippen molar-refractivity contribution in [3.05, 3.63) is 18.0 Å². The summed E-state index contributed by atoms with van der Waals surface area (Å²) in [7, 11) is 0. The number of hydrogen-bond acceptors (Lipinski definition) is 3. The van der Waals surface area contributed by atoms with Gasteiger partial charge in [-0.25, -0.2) is 0 Å². The highest BCUT2D eigenvalue weighted by atomic mass is 16.5. The van der Waals surface area contributed by atoms with E-state index in [0.717, 1.165) is 31.4 Å². The summed E-state index contributed by atoms with van der Waals surface area (Å²) >= 11 is 0. The van der Waals surface area contributed by atoms with E-state index < -0.39 is 0 Å². The monoisotopic (exact) mass is 264 g/mol. The summed E-state index contributed by atoms with van der Waals surface area (Å²) in [6.07, 6.45) is 7.56. The smallest absolute Gasteiger partial charge is 0.133 e. The van der Waals surface area contributed by atoms with E-state index in [1.807, 2.05) is 16.9 Å². The zero-order valence-corrected chi connectivity index (χ0v) is 12.0. The molecule has 19 heavy (non-hydrogen) atoms. The lowest BCUT2D eigenvalue weighted by molar-refractivity contribution is -0.123. The fraction of sp³-hybridized carbons (Fsp3) is 0.733. The maximum Gasteiger partial charge on any atom is 0.133 e. The minimum atomic E-state index is 0.232. The van der Waals surface area contributed by atoms with Gasteiger partial charge in [0, 0.05) is 19.0 Å². The molecular weight excluding hydrogens is 240 g/mol. The lowest BCUT2D eigenvalue weighted by Gasteiger charge is -2.20. The molecule has 1 aromatic rings. The van der Waals surface area contributed by atoms with Gasteiger partial charge in [0.2, 0.25) is 0 Å². The van der Waals surface area contributed by atoms with E-state index in [0.29, 0.717) is 31.3 Å². The van der Waals surface area contributed by atoms with Crippen molar-refractivity contribution in [3.8, 4) is 0 Å². The molecule has 0 spiro atoms. The van der Waals surface area contributed by atoms with E-state index >= 15 is 0 Å². The second-order valence-corrected chi connectivity index (χ2v) is 5.31. The molecule has 4 nitrogen and oxygen atoms in total. The van der Waals surface area contributed by atoms with Gasteiger partial charge in [-0.15, -0.1) is 0 Å². The summed E-state index contributed by atoms with van der Waals surface area (Å²) in [6.45, 7) is 4.93. The topological polar surface area (TPSA) is 44.1 Å². The molecule has 0 bridgehead atoms. The van der Waals surface area contributed by atoms with Gasteiger partial charge < -0.3 is 4.74 Å². The lowest BCUT2D eigenvalue weighted by atomic mass is 9.96. The van der Waals surface area contributed by atoms with E-state index in [1.165, 1.54) is 0 Å². The SMILES string of the molecule is CCC(CC)n1ccc(COC2CCC(=O)CC2)n1. The molecule has 2 rings (SSSR count). The second-order valence-electron chi connectivity index (χ2n) is 5.31. The first kappa shape index (κ1) is 14.3. The van der Waals surface area contributed by atoms with Crippen LogP contribution < -0.4 is 0 Å². The Balaban J connectivity index is 1.81. The van der Waals surface area contributed by atoms with Crippen molar-refractivity contribution in [2.45, 2.75) is 71.1 Å². The van der Waals surface area contributed by atoms with Crippen molar-refractivity contribution in [2.24, 2.45) is 0 Å². The summed E-state index contributed by atoms with van der Waals surface area (Å²) in [5.74, 6) is 0.373. The Morgan fingerprint density at radius 2 is 2.05 bits per heavy atom. The molecule has 0 unspecified atom stereocenters. The van der Waals surface area contributed by atoms with Gasteiger partial charge in [-0.05, 0) is 31.7 Å². The number of aromatic nitrogens is 2. The Hall–Kier alpha value is -1.16. The fourth-order valence-corrected chi connectivity index (χ4v) is 2.60. The van der Waals surface area contributed by atoms with Gasteiger partial charge in [0.05, 0.1) is 24.4 Å². The molecule has 0 radical (unpaired) electrons. The maximum atomic E-state index is 11.2. The number of Topliss-reactive ketones (excluding diaryl/α,β-unsaturated/α-hetero) is 1. The molecular formula is C15H24N2O2. The van der Waals surface area contributed by atoms with E-state index in [4.69, 9.17) is 4.74 Å². The molecule has 1 aromatic heterocycles. The zero-order chi connectivity index (χ0) is 13.7. The van der Waals surface area contributed by atoms with Crippen LogP contribution in [0.5, 0.6) is 0 Å². The largest absolute Gasteiger partial charge is 0.372 e. The normalized spacial score (nSPS) is 17.3. The summed E-state index contributed by atoms with van der Waals surface area (Å²) in [5.41, 5.74) is 0.990. The average molecular weight is 264 g/mol. The van der Waals surface area contributed by atoms with Gasteiger partial charge in [0.25, 0.3) is 0 Å². The van der Waals surface area contributed by atoms with Crippen LogP contribution in [0.25, 0.3) is 0 Å². The summed E-state index contributed by atoms with van der Waals surface area (Å²) in [5, 5.41) is 4.58. The van der Waals surface area contributed by atoms with E-state index in [-0.39, 0.29) is 6.10 Å². The Bertz CT molecular complexity index is 400. The third-order valence-electron chi connectivity index (χ3n) is 3.94. The number of rotatable bonds is 6. The van der Waals surface area contributed by atoms with Crippen LogP contribution in [-0.2, 0) is 16.1 Å². The van der Waals surface area contributed by atoms with Crippen LogP contribution >= 0.6 is 0 Å². The van der Waals surface area contributed by atoms with Crippen LogP contribution in [0, 0.1) is 0 Å². The van der Waals surface area contributed by atoms with Crippen molar-refractivity contribution in [3.63, 3.8) is 0 Å². The molecule has 0 saturated heterocycles. The highest BCUT2D eigenvalue weighted by Gasteiger charge is 2.19. The zero-order valence-electron chi connectivity index (χ0n) is 12.0. The molecule has 0 aromatic carbocycles. The third-order valence-corrected chi connectivity index (χ3v) is 3.94. The van der Waals surface area contributed by atoms with Crippen molar-refractivity contribution < 1.29 is 9.53 Å². The van der Waals surface area contributed by atoms with E-state index in [1.54, 1.807) is 0 Å². The van der Waals surface area contributed by atoms with Crippen LogP contribution in [0.4, 0.5) is 0 Å². The molecule has 0 atom stereocenters. The quantitative estimate of drug-likeness (QED) is 0.792. The molecule has 1 aliphatic rings. The van der Waals surface area contributed by atoms with Gasteiger partial charge in [-0.2, -0.15) is 5.10 Å². The van der Waals surface area contributed by atoms with Gasteiger partial charge in [0.15, 0.2) is 0 Å². The predicted molar refractivity (Wildman–Crippen MR) is 73.9 cm³/mol. The minimum absolute atomic E-state index is 0.232. The Morgan fingerprint density at radius 3 is 2.68 bits per heavy atom. The van der Waals surface area contributed by atoms with Crippen LogP contribution in [0.1, 0.15) is 64.1 Å². The number of carbonyl (C=O) groups excluding carboxylic acids is 1. The van der Waals surface area contributed by atoms with E-state index in [2.05, 4.69) is 18.9 Å². The predicted octanol–water partition coefficient (Wildman–Crippen LogP) is 3.27. The van der Waals surface area contributed by atoms with Crippen molar-refractivity contribution >= 4 is 5.78 Å². The van der Waals surface area contributed by atoms with Gasteiger partial charge in [-0.1, -0.05) is 13.8 Å². The molecule has 0 N–H and O–H groups in total. The standard InChI is InChI=1S/C15H24N2O2/c1-3-13(4-2)17-10-9-12(16-17)11-19-15-7-5-14(18)6-8-15/h9-10,13,15H,3-8,11H2,1-2H3. The first-order valence-electron chi connectivity index (χ1n) is 7.40. The van der Waals surface area contributed by atoms with Gasteiger partial charge in [-0.3, -0.25) is 9.48 Å². The number of ether oxygens (including phenoxy) is 1. The Labute approximate surface area is 115 Å². The number of hydrogen-bond donors (Lipinski definition) is 0. The van der Waals surface area contributed by atoms with Crippen LogP contribution in [-0.4, -0.2) is 21.7 Å². The third kappa shape index (κ3) is 3.90. The van der Waals surface area contributed by atoms with E-state index in [9.17, 15) is 4.79 Å². The fourth-order valence-electron chi connectivity index (χ4n) is 2.60. The van der Waals surface area contributed by atoms with Gasteiger partial charge >= 0.3 is 0 Å². The molecule has 4 heteroatoms. The maximum absolute atomic E-state index is 11.2. The summed E-state index contributed by atoms with van der Waals surface area (Å²) in [6, 6.07) is 2.52.